The van der Waals surface area contributed by atoms with E-state index >= 15 is 0 Å². The second-order valence-corrected chi connectivity index (χ2v) is 9.20. The van der Waals surface area contributed by atoms with Crippen LogP contribution in [-0.2, 0) is 6.54 Å². The Balaban J connectivity index is 1.62. The molecule has 2 saturated carbocycles. The lowest BCUT2D eigenvalue weighted by molar-refractivity contribution is -0.380. The minimum atomic E-state index is -0.259. The summed E-state index contributed by atoms with van der Waals surface area (Å²) >= 11 is 1.36. The van der Waals surface area contributed by atoms with E-state index in [0.717, 1.165) is 23.3 Å². The molecule has 4 nitrogen and oxygen atoms in total. The van der Waals surface area contributed by atoms with Crippen LogP contribution in [0, 0.1) is 22.0 Å². The van der Waals surface area contributed by atoms with Gasteiger partial charge >= 0.3 is 5.00 Å². The van der Waals surface area contributed by atoms with Crippen LogP contribution in [-0.4, -0.2) is 22.9 Å². The Morgan fingerprint density at radius 3 is 1.92 bits per heavy atom. The second-order valence-electron chi connectivity index (χ2n) is 8.05. The van der Waals surface area contributed by atoms with E-state index in [1.165, 1.54) is 95.1 Å². The molecule has 5 heteroatoms. The van der Waals surface area contributed by atoms with E-state index in [1.807, 2.05) is 6.07 Å². The van der Waals surface area contributed by atoms with Crippen molar-refractivity contribution in [2.45, 2.75) is 77.2 Å². The Labute approximate surface area is 155 Å². The van der Waals surface area contributed by atoms with Gasteiger partial charge in [-0.1, -0.05) is 56.3 Å². The number of nitrogens with zero attached hydrogens (tertiary/aromatic N) is 2. The fourth-order valence-corrected chi connectivity index (χ4v) is 5.48. The van der Waals surface area contributed by atoms with E-state index in [-0.39, 0.29) is 9.92 Å². The van der Waals surface area contributed by atoms with Crippen LogP contribution >= 0.6 is 11.3 Å². The molecule has 0 aliphatic heterocycles. The Hall–Kier alpha value is -0.940. The summed E-state index contributed by atoms with van der Waals surface area (Å²) in [4.78, 5) is 14.5. The van der Waals surface area contributed by atoms with Gasteiger partial charge in [-0.25, -0.2) is 0 Å². The lowest BCUT2D eigenvalue weighted by Gasteiger charge is -2.32. The third kappa shape index (κ3) is 6.07. The molecule has 2 aliphatic rings. The first kappa shape index (κ1) is 18.8. The zero-order valence-electron chi connectivity index (χ0n) is 15.3. The van der Waals surface area contributed by atoms with Crippen molar-refractivity contribution in [2.24, 2.45) is 11.8 Å². The zero-order chi connectivity index (χ0) is 17.5. The number of nitro groups is 1. The first-order chi connectivity index (χ1) is 12.2. The fraction of sp³-hybridized carbons (Fsp3) is 0.800. The van der Waals surface area contributed by atoms with Gasteiger partial charge in [-0.3, -0.25) is 15.0 Å². The SMILES string of the molecule is O=[N+]([O-])c1ccc(CN(CC2CCCCCC2)CC2CCCCC2)s1. The Kier molecular flexibility index (Phi) is 7.29. The van der Waals surface area contributed by atoms with Crippen molar-refractivity contribution in [3.63, 3.8) is 0 Å². The molecular formula is C20H32N2O2S. The molecule has 1 aromatic rings. The van der Waals surface area contributed by atoms with Crippen molar-refractivity contribution in [2.75, 3.05) is 13.1 Å². The summed E-state index contributed by atoms with van der Waals surface area (Å²) in [7, 11) is 0. The quantitative estimate of drug-likeness (QED) is 0.338. The maximum absolute atomic E-state index is 11.0. The molecule has 2 aliphatic carbocycles. The van der Waals surface area contributed by atoms with Crippen LogP contribution in [0.1, 0.15) is 75.5 Å². The predicted octanol–water partition coefficient (Wildman–Crippen LogP) is 6.01. The van der Waals surface area contributed by atoms with Crippen LogP contribution in [0.15, 0.2) is 12.1 Å². The van der Waals surface area contributed by atoms with Gasteiger partial charge in [-0.15, -0.1) is 0 Å². The van der Waals surface area contributed by atoms with Crippen molar-refractivity contribution >= 4 is 16.3 Å². The van der Waals surface area contributed by atoms with Crippen molar-refractivity contribution < 1.29 is 4.92 Å². The number of thiophene rings is 1. The van der Waals surface area contributed by atoms with Crippen molar-refractivity contribution in [1.29, 1.82) is 0 Å². The molecule has 25 heavy (non-hydrogen) atoms. The van der Waals surface area contributed by atoms with E-state index in [9.17, 15) is 10.1 Å². The molecule has 0 atom stereocenters. The molecule has 0 radical (unpaired) electrons. The molecule has 1 heterocycles. The van der Waals surface area contributed by atoms with Crippen LogP contribution < -0.4 is 0 Å². The van der Waals surface area contributed by atoms with E-state index in [2.05, 4.69) is 4.90 Å². The van der Waals surface area contributed by atoms with Crippen molar-refractivity contribution in [3.8, 4) is 0 Å². The number of hydrogen-bond acceptors (Lipinski definition) is 4. The lowest BCUT2D eigenvalue weighted by atomic mass is 9.88. The van der Waals surface area contributed by atoms with Gasteiger partial charge in [-0.05, 0) is 43.6 Å². The highest BCUT2D eigenvalue weighted by Crippen LogP contribution is 2.30. The van der Waals surface area contributed by atoms with E-state index in [4.69, 9.17) is 0 Å². The standard InChI is InChI=1S/C20H32N2O2S/c23-22(24)20-13-12-19(25-20)16-21(15-18-10-6-3-7-11-18)14-17-8-4-1-2-5-9-17/h12-13,17-18H,1-11,14-16H2. The second kappa shape index (κ2) is 9.67. The lowest BCUT2D eigenvalue weighted by Crippen LogP contribution is -2.34. The molecule has 0 N–H and O–H groups in total. The molecule has 0 amide bonds. The van der Waals surface area contributed by atoms with Gasteiger partial charge in [0.05, 0.1) is 4.92 Å². The highest BCUT2D eigenvalue weighted by molar-refractivity contribution is 7.15. The first-order valence-electron chi connectivity index (χ1n) is 10.2. The summed E-state index contributed by atoms with van der Waals surface area (Å²) in [5.41, 5.74) is 0. The van der Waals surface area contributed by atoms with Gasteiger partial charge in [0.1, 0.15) is 0 Å². The molecule has 0 spiro atoms. The average Bonchev–Trinajstić information content (AvgIpc) is 2.92. The van der Waals surface area contributed by atoms with E-state index < -0.39 is 0 Å². The van der Waals surface area contributed by atoms with Crippen LogP contribution in [0.4, 0.5) is 5.00 Å². The maximum atomic E-state index is 11.0. The van der Waals surface area contributed by atoms with Gasteiger partial charge in [0.2, 0.25) is 0 Å². The summed E-state index contributed by atoms with van der Waals surface area (Å²) in [6.45, 7) is 3.26. The van der Waals surface area contributed by atoms with Crippen molar-refractivity contribution in [3.05, 3.63) is 27.1 Å². The summed E-state index contributed by atoms with van der Waals surface area (Å²) < 4.78 is 0. The molecule has 0 unspecified atom stereocenters. The van der Waals surface area contributed by atoms with Crippen LogP contribution in [0.25, 0.3) is 0 Å². The van der Waals surface area contributed by atoms with Crippen molar-refractivity contribution in [1.82, 2.24) is 4.90 Å². The highest BCUT2D eigenvalue weighted by Gasteiger charge is 2.22. The zero-order valence-corrected chi connectivity index (χ0v) is 16.1. The molecular weight excluding hydrogens is 332 g/mol. The fourth-order valence-electron chi connectivity index (χ4n) is 4.62. The summed E-state index contributed by atoms with van der Waals surface area (Å²) in [6.07, 6.45) is 15.2. The van der Waals surface area contributed by atoms with Crippen LogP contribution in [0.2, 0.25) is 0 Å². The minimum Gasteiger partial charge on any atom is -0.298 e. The van der Waals surface area contributed by atoms with Gasteiger partial charge in [0, 0.05) is 30.6 Å². The summed E-state index contributed by atoms with van der Waals surface area (Å²) in [5.74, 6) is 1.65. The molecule has 3 rings (SSSR count). The summed E-state index contributed by atoms with van der Waals surface area (Å²) in [5, 5.41) is 11.3. The van der Waals surface area contributed by atoms with Gasteiger partial charge in [0.15, 0.2) is 0 Å². The Morgan fingerprint density at radius 2 is 1.44 bits per heavy atom. The average molecular weight is 365 g/mol. The summed E-state index contributed by atoms with van der Waals surface area (Å²) in [6, 6.07) is 3.63. The third-order valence-electron chi connectivity index (χ3n) is 5.94. The Morgan fingerprint density at radius 1 is 0.920 bits per heavy atom. The first-order valence-corrected chi connectivity index (χ1v) is 11.0. The van der Waals surface area contributed by atoms with Gasteiger partial charge in [-0.2, -0.15) is 0 Å². The molecule has 0 aromatic carbocycles. The molecule has 0 saturated heterocycles. The third-order valence-corrected chi connectivity index (χ3v) is 6.96. The topological polar surface area (TPSA) is 46.4 Å². The predicted molar refractivity (Wildman–Crippen MR) is 104 cm³/mol. The maximum Gasteiger partial charge on any atom is 0.324 e. The highest BCUT2D eigenvalue weighted by atomic mass is 32.1. The van der Waals surface area contributed by atoms with E-state index in [0.29, 0.717) is 0 Å². The molecule has 140 valence electrons. The molecule has 1 aromatic heterocycles. The molecule has 2 fully saturated rings. The van der Waals surface area contributed by atoms with E-state index in [1.54, 1.807) is 6.07 Å². The monoisotopic (exact) mass is 364 g/mol. The Bertz CT molecular complexity index is 532. The molecule has 0 bridgehead atoms. The largest absolute Gasteiger partial charge is 0.324 e. The van der Waals surface area contributed by atoms with Gasteiger partial charge in [0.25, 0.3) is 0 Å². The normalized spacial score (nSPS) is 20.7. The number of hydrogen-bond donors (Lipinski definition) is 0. The van der Waals surface area contributed by atoms with Crippen LogP contribution in [0.5, 0.6) is 0 Å². The van der Waals surface area contributed by atoms with Gasteiger partial charge < -0.3 is 0 Å². The smallest absolute Gasteiger partial charge is 0.298 e. The number of rotatable bonds is 7. The van der Waals surface area contributed by atoms with Crippen LogP contribution in [0.3, 0.4) is 0 Å². The minimum absolute atomic E-state index is 0.259.